The molecular formula is C19H16FLiN2O3. The standard InChI is InChI=1S/C19H17FN2O3.Li/c1-2-25-10-8-16-15-7-9-22(12-13-3-5-14(20)6-4-13)17(15)11-21-18(16)19(23)24;/h3-11H,2,12H2,1H3,(H,23,24);/q;+1/p-1/b10-8+;. The first-order chi connectivity index (χ1) is 12.1. The first-order valence-electron chi connectivity index (χ1n) is 7.82. The van der Waals surface area contributed by atoms with Gasteiger partial charge in [-0.3, -0.25) is 4.98 Å². The van der Waals surface area contributed by atoms with E-state index in [0.29, 0.717) is 18.7 Å². The van der Waals surface area contributed by atoms with Crippen molar-refractivity contribution in [2.45, 2.75) is 13.5 Å². The van der Waals surface area contributed by atoms with Crippen LogP contribution in [0.2, 0.25) is 0 Å². The van der Waals surface area contributed by atoms with E-state index in [0.717, 1.165) is 16.5 Å². The number of fused-ring (bicyclic) bond motifs is 1. The number of ether oxygens (including phenoxy) is 1. The van der Waals surface area contributed by atoms with Crippen LogP contribution in [0.4, 0.5) is 4.39 Å². The molecule has 0 fully saturated rings. The smallest absolute Gasteiger partial charge is 0.543 e. The Morgan fingerprint density at radius 3 is 2.69 bits per heavy atom. The normalized spacial score (nSPS) is 10.8. The predicted molar refractivity (Wildman–Crippen MR) is 90.2 cm³/mol. The molecule has 3 rings (SSSR count). The number of rotatable bonds is 6. The van der Waals surface area contributed by atoms with Gasteiger partial charge in [0.15, 0.2) is 0 Å². The summed E-state index contributed by atoms with van der Waals surface area (Å²) in [5, 5.41) is 12.1. The topological polar surface area (TPSA) is 67.2 Å². The molecule has 2 aromatic heterocycles. The number of aromatic carboxylic acids is 1. The van der Waals surface area contributed by atoms with E-state index < -0.39 is 5.97 Å². The summed E-state index contributed by atoms with van der Waals surface area (Å²) in [6, 6.07) is 8.05. The van der Waals surface area contributed by atoms with E-state index in [-0.39, 0.29) is 30.4 Å². The zero-order valence-electron chi connectivity index (χ0n) is 14.6. The van der Waals surface area contributed by atoms with Gasteiger partial charge in [0.25, 0.3) is 0 Å². The molecule has 7 heteroatoms. The summed E-state index contributed by atoms with van der Waals surface area (Å²) >= 11 is 0. The van der Waals surface area contributed by atoms with Gasteiger partial charge in [-0.25, -0.2) is 4.39 Å². The SMILES string of the molecule is CCO/C=C/c1c(C(=O)[O-])ncc2c1ccn2Cc1ccc(F)cc1.[Li+]. The molecule has 0 bridgehead atoms. The van der Waals surface area contributed by atoms with Gasteiger partial charge in [-0.2, -0.15) is 0 Å². The van der Waals surface area contributed by atoms with Gasteiger partial charge in [0.1, 0.15) is 5.82 Å². The van der Waals surface area contributed by atoms with Gasteiger partial charge in [-0.15, -0.1) is 0 Å². The molecule has 5 nitrogen and oxygen atoms in total. The van der Waals surface area contributed by atoms with Gasteiger partial charge in [-0.05, 0) is 36.8 Å². The molecule has 3 aromatic rings. The van der Waals surface area contributed by atoms with Crippen LogP contribution in [-0.2, 0) is 11.3 Å². The average molecular weight is 346 g/mol. The van der Waals surface area contributed by atoms with Crippen molar-refractivity contribution in [3.63, 3.8) is 0 Å². The number of hydrogen-bond acceptors (Lipinski definition) is 4. The number of carbonyl (C=O) groups is 1. The van der Waals surface area contributed by atoms with Crippen LogP contribution in [0.15, 0.2) is 49.0 Å². The van der Waals surface area contributed by atoms with Crippen LogP contribution in [0, 0.1) is 5.82 Å². The zero-order chi connectivity index (χ0) is 17.8. The molecule has 0 aliphatic carbocycles. The fraction of sp³-hybridized carbons (Fsp3) is 0.158. The third kappa shape index (κ3) is 4.16. The molecule has 1 aromatic carbocycles. The summed E-state index contributed by atoms with van der Waals surface area (Å²) in [7, 11) is 0. The van der Waals surface area contributed by atoms with Crippen LogP contribution in [0.3, 0.4) is 0 Å². The van der Waals surface area contributed by atoms with E-state index in [1.807, 2.05) is 23.8 Å². The third-order valence-electron chi connectivity index (χ3n) is 3.82. The van der Waals surface area contributed by atoms with Crippen LogP contribution in [0.25, 0.3) is 17.0 Å². The zero-order valence-corrected chi connectivity index (χ0v) is 14.6. The fourth-order valence-electron chi connectivity index (χ4n) is 2.65. The number of hydrogen-bond donors (Lipinski definition) is 0. The van der Waals surface area contributed by atoms with Gasteiger partial charge < -0.3 is 19.2 Å². The van der Waals surface area contributed by atoms with Gasteiger partial charge in [-0.1, -0.05) is 12.1 Å². The number of nitrogens with zero attached hydrogens (tertiary/aromatic N) is 2. The van der Waals surface area contributed by atoms with Crippen molar-refractivity contribution in [1.82, 2.24) is 9.55 Å². The van der Waals surface area contributed by atoms with E-state index in [1.165, 1.54) is 24.6 Å². The second kappa shape index (κ2) is 8.70. The molecule has 128 valence electrons. The number of aromatic nitrogens is 2. The summed E-state index contributed by atoms with van der Waals surface area (Å²) in [6.45, 7) is 2.83. The summed E-state index contributed by atoms with van der Waals surface area (Å²) in [6.07, 6.45) is 6.36. The first-order valence-corrected chi connectivity index (χ1v) is 7.82. The number of pyridine rings is 1. The Hall–Kier alpha value is -2.55. The van der Waals surface area contributed by atoms with Crippen molar-refractivity contribution >= 4 is 22.9 Å². The van der Waals surface area contributed by atoms with Gasteiger partial charge in [0, 0.05) is 23.7 Å². The Balaban J connectivity index is 0.00000243. The first kappa shape index (κ1) is 19.8. The minimum absolute atomic E-state index is 0. The molecule has 0 saturated carbocycles. The third-order valence-corrected chi connectivity index (χ3v) is 3.82. The molecule has 0 aliphatic heterocycles. The Bertz CT molecular complexity index is 936. The Morgan fingerprint density at radius 2 is 2.04 bits per heavy atom. The van der Waals surface area contributed by atoms with Crippen molar-refractivity contribution in [2.75, 3.05) is 6.61 Å². The molecule has 0 saturated heterocycles. The van der Waals surface area contributed by atoms with Gasteiger partial charge >= 0.3 is 18.9 Å². The van der Waals surface area contributed by atoms with Crippen molar-refractivity contribution in [1.29, 1.82) is 0 Å². The Morgan fingerprint density at radius 1 is 1.31 bits per heavy atom. The summed E-state index contributed by atoms with van der Waals surface area (Å²) < 4.78 is 20.1. The Labute approximate surface area is 162 Å². The van der Waals surface area contributed by atoms with Crippen molar-refractivity contribution in [2.24, 2.45) is 0 Å². The second-order valence-corrected chi connectivity index (χ2v) is 5.44. The van der Waals surface area contributed by atoms with Gasteiger partial charge in [0.05, 0.1) is 36.2 Å². The van der Waals surface area contributed by atoms with Crippen molar-refractivity contribution < 1.29 is 37.9 Å². The maximum atomic E-state index is 13.0. The fourth-order valence-corrected chi connectivity index (χ4v) is 2.65. The molecule has 26 heavy (non-hydrogen) atoms. The van der Waals surface area contributed by atoms with Gasteiger partial charge in [0.2, 0.25) is 0 Å². The van der Waals surface area contributed by atoms with Crippen LogP contribution >= 0.6 is 0 Å². The van der Waals surface area contributed by atoms with Crippen LogP contribution < -0.4 is 24.0 Å². The van der Waals surface area contributed by atoms with Crippen molar-refractivity contribution in [3.05, 3.63) is 71.6 Å². The van der Waals surface area contributed by atoms with Crippen LogP contribution in [-0.4, -0.2) is 22.1 Å². The Kier molecular flexibility index (Phi) is 6.62. The summed E-state index contributed by atoms with van der Waals surface area (Å²) in [4.78, 5) is 15.4. The maximum Gasteiger partial charge on any atom is 1.00 e. The molecule has 0 N–H and O–H groups in total. The number of halogens is 1. The second-order valence-electron chi connectivity index (χ2n) is 5.44. The largest absolute Gasteiger partial charge is 1.00 e. The molecule has 2 heterocycles. The summed E-state index contributed by atoms with van der Waals surface area (Å²) in [5.74, 6) is -1.63. The molecule has 0 unspecified atom stereocenters. The average Bonchev–Trinajstić information content (AvgIpc) is 3.00. The van der Waals surface area contributed by atoms with E-state index in [1.54, 1.807) is 18.2 Å². The minimum atomic E-state index is -1.34. The quantitative estimate of drug-likeness (QED) is 0.450. The number of carboxylic acid groups (broad SMARTS) is 1. The molecule has 0 atom stereocenters. The van der Waals surface area contributed by atoms with E-state index >= 15 is 0 Å². The number of benzene rings is 1. The molecule has 0 spiro atoms. The molecule has 0 radical (unpaired) electrons. The minimum Gasteiger partial charge on any atom is -0.543 e. The summed E-state index contributed by atoms with van der Waals surface area (Å²) in [5.41, 5.74) is 1.99. The molecule has 0 aliphatic rings. The molecular weight excluding hydrogens is 330 g/mol. The predicted octanol–water partition coefficient (Wildman–Crippen LogP) is -0.402. The maximum absolute atomic E-state index is 13.0. The van der Waals surface area contributed by atoms with Crippen molar-refractivity contribution in [3.8, 4) is 0 Å². The van der Waals surface area contributed by atoms with E-state index in [2.05, 4.69) is 4.98 Å². The number of carboxylic acids is 1. The van der Waals surface area contributed by atoms with E-state index in [9.17, 15) is 14.3 Å². The number of carbonyl (C=O) groups excluding carboxylic acids is 1. The van der Waals surface area contributed by atoms with Crippen LogP contribution in [0.5, 0.6) is 0 Å². The van der Waals surface area contributed by atoms with Crippen LogP contribution in [0.1, 0.15) is 28.5 Å². The molecule has 0 amide bonds. The monoisotopic (exact) mass is 346 g/mol. The van der Waals surface area contributed by atoms with E-state index in [4.69, 9.17) is 4.74 Å².